The number of halogens is 1. The molecule has 2 rings (SSSR count). The maximum Gasteiger partial charge on any atom is 0.346 e. The van der Waals surface area contributed by atoms with Gasteiger partial charge in [-0.25, -0.2) is 18.5 Å². The highest BCUT2D eigenvalue weighted by Crippen LogP contribution is 2.22. The maximum atomic E-state index is 13.8. The van der Waals surface area contributed by atoms with Crippen molar-refractivity contribution < 1.29 is 19.0 Å². The first-order valence-corrected chi connectivity index (χ1v) is 5.69. The molecule has 1 aromatic heterocycles. The summed E-state index contributed by atoms with van der Waals surface area (Å²) in [5.41, 5.74) is 0.963. The Morgan fingerprint density at radius 2 is 2.05 bits per heavy atom. The fourth-order valence-corrected chi connectivity index (χ4v) is 2.00. The third-order valence-corrected chi connectivity index (χ3v) is 3.09. The van der Waals surface area contributed by atoms with Crippen LogP contribution in [0.1, 0.15) is 11.4 Å². The summed E-state index contributed by atoms with van der Waals surface area (Å²) in [7, 11) is 0. The van der Waals surface area contributed by atoms with Crippen molar-refractivity contribution >= 4 is 5.97 Å². The first kappa shape index (κ1) is 13.1. The Hall–Kier alpha value is -2.37. The smallest absolute Gasteiger partial charge is 0.346 e. The number of carbonyl (C=O) groups is 1. The molecule has 0 bridgehead atoms. The third kappa shape index (κ3) is 2.16. The van der Waals surface area contributed by atoms with Crippen molar-refractivity contribution in [2.75, 3.05) is 0 Å². The molecule has 0 atom stereocenters. The van der Waals surface area contributed by atoms with Crippen LogP contribution in [0, 0.1) is 24.9 Å². The van der Waals surface area contributed by atoms with Crippen LogP contribution in [-0.4, -0.2) is 15.6 Å². The lowest BCUT2D eigenvalue weighted by atomic mass is 10.2. The zero-order chi connectivity index (χ0) is 14.2. The van der Waals surface area contributed by atoms with Crippen molar-refractivity contribution in [3.8, 4) is 11.4 Å². The van der Waals surface area contributed by atoms with Gasteiger partial charge >= 0.3 is 5.97 Å². The van der Waals surface area contributed by atoms with Crippen LogP contribution in [0.4, 0.5) is 4.39 Å². The monoisotopic (exact) mass is 264 g/mol. The molecule has 19 heavy (non-hydrogen) atoms. The number of aromatic nitrogens is 2. The number of carboxylic acid groups (broad SMARTS) is 1. The molecule has 2 aromatic rings. The van der Waals surface area contributed by atoms with Gasteiger partial charge in [-0.1, -0.05) is 12.1 Å². The summed E-state index contributed by atoms with van der Waals surface area (Å²) in [6.45, 7) is 2.83. The van der Waals surface area contributed by atoms with E-state index in [0.717, 1.165) is 0 Å². The van der Waals surface area contributed by atoms with Gasteiger partial charge in [-0.05, 0) is 12.1 Å². The van der Waals surface area contributed by atoms with Gasteiger partial charge in [0.1, 0.15) is 22.8 Å². The molecular weight excluding hydrogens is 251 g/mol. The van der Waals surface area contributed by atoms with E-state index in [2.05, 4.69) is 0 Å². The molecule has 0 aliphatic rings. The minimum absolute atomic E-state index is 0.00972. The van der Waals surface area contributed by atoms with Crippen LogP contribution in [0.3, 0.4) is 0 Å². The number of imidazole rings is 1. The molecule has 0 radical (unpaired) electrons. The zero-order valence-corrected chi connectivity index (χ0v) is 10.6. The van der Waals surface area contributed by atoms with E-state index in [0.29, 0.717) is 16.1 Å². The molecule has 1 heterocycles. The Morgan fingerprint density at radius 3 is 2.63 bits per heavy atom. The SMILES string of the molecule is Cc1c(C)[n+]([O-])c(-c2ccccc2F)n1CC(=O)O. The Morgan fingerprint density at radius 1 is 1.42 bits per heavy atom. The van der Waals surface area contributed by atoms with E-state index in [9.17, 15) is 14.4 Å². The summed E-state index contributed by atoms with van der Waals surface area (Å²) in [6.07, 6.45) is 0. The van der Waals surface area contributed by atoms with Crippen LogP contribution in [0.5, 0.6) is 0 Å². The lowest BCUT2D eigenvalue weighted by Crippen LogP contribution is -2.31. The molecule has 0 aliphatic heterocycles. The van der Waals surface area contributed by atoms with Gasteiger partial charge in [0.15, 0.2) is 6.54 Å². The molecule has 6 heteroatoms. The van der Waals surface area contributed by atoms with Crippen molar-refractivity contribution in [3.63, 3.8) is 0 Å². The van der Waals surface area contributed by atoms with E-state index in [1.807, 2.05) is 0 Å². The largest absolute Gasteiger partial charge is 0.710 e. The van der Waals surface area contributed by atoms with E-state index < -0.39 is 11.8 Å². The van der Waals surface area contributed by atoms with Gasteiger partial charge in [0.05, 0.1) is 0 Å². The van der Waals surface area contributed by atoms with E-state index in [1.54, 1.807) is 19.9 Å². The van der Waals surface area contributed by atoms with Crippen LogP contribution in [0.25, 0.3) is 11.4 Å². The molecule has 0 saturated heterocycles. The van der Waals surface area contributed by atoms with E-state index in [-0.39, 0.29) is 17.9 Å². The highest BCUT2D eigenvalue weighted by atomic mass is 19.1. The fraction of sp³-hybridized carbons (Fsp3) is 0.231. The number of carboxylic acids is 1. The van der Waals surface area contributed by atoms with Crippen LogP contribution in [0.15, 0.2) is 24.3 Å². The predicted octanol–water partition coefficient (Wildman–Crippen LogP) is 1.63. The Kier molecular flexibility index (Phi) is 3.25. The van der Waals surface area contributed by atoms with Crippen LogP contribution >= 0.6 is 0 Å². The lowest BCUT2D eigenvalue weighted by Gasteiger charge is -2.06. The van der Waals surface area contributed by atoms with Crippen molar-refractivity contribution in [2.45, 2.75) is 20.4 Å². The first-order valence-electron chi connectivity index (χ1n) is 5.69. The summed E-state index contributed by atoms with van der Waals surface area (Å²) >= 11 is 0. The number of rotatable bonds is 3. The van der Waals surface area contributed by atoms with Gasteiger partial charge in [0.25, 0.3) is 5.82 Å². The van der Waals surface area contributed by atoms with Crippen molar-refractivity contribution in [2.24, 2.45) is 0 Å². The van der Waals surface area contributed by atoms with Crippen molar-refractivity contribution in [1.29, 1.82) is 0 Å². The van der Waals surface area contributed by atoms with Crippen molar-refractivity contribution in [1.82, 2.24) is 4.57 Å². The van der Waals surface area contributed by atoms with Crippen LogP contribution in [0.2, 0.25) is 0 Å². The summed E-state index contributed by atoms with van der Waals surface area (Å²) in [4.78, 5) is 10.9. The Balaban J connectivity index is 2.72. The van der Waals surface area contributed by atoms with Gasteiger partial charge in [0.2, 0.25) is 0 Å². The highest BCUT2D eigenvalue weighted by Gasteiger charge is 2.27. The van der Waals surface area contributed by atoms with Gasteiger partial charge in [-0.15, -0.1) is 0 Å². The molecule has 0 amide bonds. The van der Waals surface area contributed by atoms with Gasteiger partial charge in [0, 0.05) is 13.8 Å². The number of hydrogen-bond acceptors (Lipinski definition) is 2. The summed E-state index contributed by atoms with van der Waals surface area (Å²) < 4.78 is 15.7. The highest BCUT2D eigenvalue weighted by molar-refractivity contribution is 5.68. The maximum absolute atomic E-state index is 13.8. The normalized spacial score (nSPS) is 10.7. The molecule has 1 N–H and O–H groups in total. The molecule has 0 aliphatic carbocycles. The third-order valence-electron chi connectivity index (χ3n) is 3.09. The topological polar surface area (TPSA) is 69.2 Å². The summed E-state index contributed by atoms with van der Waals surface area (Å²) in [5, 5.41) is 21.0. The zero-order valence-electron chi connectivity index (χ0n) is 10.6. The number of nitrogens with zero attached hydrogens (tertiary/aromatic N) is 2. The van der Waals surface area contributed by atoms with Crippen LogP contribution in [-0.2, 0) is 11.3 Å². The fourth-order valence-electron chi connectivity index (χ4n) is 2.00. The second kappa shape index (κ2) is 4.72. The van der Waals surface area contributed by atoms with Gasteiger partial charge in [-0.2, -0.15) is 0 Å². The molecule has 5 nitrogen and oxygen atoms in total. The van der Waals surface area contributed by atoms with E-state index >= 15 is 0 Å². The average Bonchev–Trinajstić information content (AvgIpc) is 2.55. The van der Waals surface area contributed by atoms with Gasteiger partial charge in [-0.3, -0.25) is 0 Å². The molecule has 100 valence electrons. The quantitative estimate of drug-likeness (QED) is 0.676. The van der Waals surface area contributed by atoms with Crippen molar-refractivity contribution in [3.05, 3.63) is 46.7 Å². The molecule has 1 aromatic carbocycles. The lowest BCUT2D eigenvalue weighted by molar-refractivity contribution is -0.599. The molecule has 0 spiro atoms. The molecule has 0 fully saturated rings. The van der Waals surface area contributed by atoms with Crippen LogP contribution < -0.4 is 4.73 Å². The summed E-state index contributed by atoms with van der Waals surface area (Å²) in [6, 6.07) is 5.80. The van der Waals surface area contributed by atoms with Gasteiger partial charge < -0.3 is 10.3 Å². The first-order chi connectivity index (χ1) is 8.93. The van der Waals surface area contributed by atoms with E-state index in [4.69, 9.17) is 5.11 Å². The number of hydrogen-bond donors (Lipinski definition) is 1. The average molecular weight is 264 g/mol. The minimum atomic E-state index is -1.09. The Bertz CT molecular complexity index is 650. The second-order valence-corrected chi connectivity index (χ2v) is 4.25. The molecule has 0 unspecified atom stereocenters. The second-order valence-electron chi connectivity index (χ2n) is 4.25. The minimum Gasteiger partial charge on any atom is -0.710 e. The molecular formula is C13H13FN2O3. The molecule has 0 saturated carbocycles. The predicted molar refractivity (Wildman–Crippen MR) is 65.9 cm³/mol. The number of aliphatic carboxylic acids is 1. The number of benzene rings is 1. The Labute approximate surface area is 109 Å². The standard InChI is InChI=1S/C13H13FN2O3/c1-8-9(2)16(19)13(15(8)7-12(17)18)10-5-3-4-6-11(10)14/h3-6H,7H2,1-2H3,(H,17,18). The summed E-state index contributed by atoms with van der Waals surface area (Å²) in [5.74, 6) is -1.64. The van der Waals surface area contributed by atoms with E-state index in [1.165, 1.54) is 22.8 Å².